The van der Waals surface area contributed by atoms with Crippen molar-refractivity contribution in [2.45, 2.75) is 58.2 Å². The molecule has 0 amide bonds. The van der Waals surface area contributed by atoms with Gasteiger partial charge >= 0.3 is 11.9 Å². The normalized spacial score (nSPS) is 22.9. The van der Waals surface area contributed by atoms with E-state index in [0.29, 0.717) is 35.5 Å². The summed E-state index contributed by atoms with van der Waals surface area (Å²) >= 11 is 0. The molecule has 2 aliphatic rings. The van der Waals surface area contributed by atoms with E-state index in [1.807, 2.05) is 29.8 Å². The van der Waals surface area contributed by atoms with Crippen LogP contribution in [0.15, 0.2) is 53.8 Å². The molecule has 6 rings (SSSR count). The number of imidazole rings is 1. The summed E-state index contributed by atoms with van der Waals surface area (Å²) in [5.74, 6) is 2.35. The Morgan fingerprint density at radius 1 is 1.10 bits per heavy atom. The zero-order valence-corrected chi connectivity index (χ0v) is 23.1. The first kappa shape index (κ1) is 26.8. The van der Waals surface area contributed by atoms with Crippen LogP contribution in [0.25, 0.3) is 11.2 Å². The number of fused-ring (bicyclic) bond motifs is 1. The van der Waals surface area contributed by atoms with Gasteiger partial charge in [-0.25, -0.2) is 4.79 Å². The number of hydrogen-bond donors (Lipinski definition) is 0. The first-order valence-corrected chi connectivity index (χ1v) is 14.1. The molecule has 0 radical (unpaired) electrons. The molecule has 0 N–H and O–H groups in total. The highest BCUT2D eigenvalue weighted by Crippen LogP contribution is 2.46. The van der Waals surface area contributed by atoms with Crippen molar-refractivity contribution >= 4 is 5.52 Å². The van der Waals surface area contributed by atoms with Crippen molar-refractivity contribution in [2.75, 3.05) is 13.1 Å². The van der Waals surface area contributed by atoms with Crippen molar-refractivity contribution < 1.29 is 13.2 Å². The third kappa shape index (κ3) is 4.98. The highest BCUT2D eigenvalue weighted by Gasteiger charge is 2.37. The monoisotopic (exact) mass is 552 g/mol. The minimum absolute atomic E-state index is 0.0133. The van der Waals surface area contributed by atoms with Gasteiger partial charge in [0.25, 0.3) is 0 Å². The van der Waals surface area contributed by atoms with Crippen molar-refractivity contribution in [2.24, 2.45) is 24.8 Å². The lowest BCUT2D eigenvalue weighted by Crippen LogP contribution is -2.34. The Balaban J connectivity index is 1.42. The van der Waals surface area contributed by atoms with E-state index in [1.165, 1.54) is 16.8 Å². The number of nitrogens with zero attached hydrogens (tertiary/aromatic N) is 6. The van der Waals surface area contributed by atoms with Crippen LogP contribution in [-0.2, 0) is 19.8 Å². The second-order valence-corrected chi connectivity index (χ2v) is 12.0. The quantitative estimate of drug-likeness (QED) is 0.310. The molecule has 4 heterocycles. The molecule has 10 heteroatoms. The van der Waals surface area contributed by atoms with Gasteiger partial charge in [0.05, 0.1) is 16.8 Å². The third-order valence-corrected chi connectivity index (χ3v) is 8.69. The van der Waals surface area contributed by atoms with Crippen molar-refractivity contribution in [3.8, 4) is 5.69 Å². The van der Waals surface area contributed by atoms with Gasteiger partial charge < -0.3 is 4.57 Å². The van der Waals surface area contributed by atoms with Gasteiger partial charge in [-0.3, -0.25) is 13.9 Å². The Kier molecular flexibility index (Phi) is 6.84. The number of aryl methyl sites for hydroxylation is 1. The number of likely N-dealkylation sites (tertiary alicyclic amines) is 1. The molecule has 2 fully saturated rings. The maximum absolute atomic E-state index is 14.3. The van der Waals surface area contributed by atoms with E-state index in [-0.39, 0.29) is 11.4 Å². The van der Waals surface area contributed by atoms with Crippen LogP contribution in [0.2, 0.25) is 0 Å². The molecule has 1 saturated heterocycles. The van der Waals surface area contributed by atoms with Gasteiger partial charge in [-0.2, -0.15) is 13.2 Å². The van der Waals surface area contributed by atoms with Crippen LogP contribution in [0, 0.1) is 17.8 Å². The van der Waals surface area contributed by atoms with E-state index in [1.54, 1.807) is 18.6 Å². The molecule has 40 heavy (non-hydrogen) atoms. The molecule has 4 aromatic rings. The molecule has 0 spiro atoms. The van der Waals surface area contributed by atoms with E-state index in [4.69, 9.17) is 0 Å². The number of benzene rings is 1. The lowest BCUT2D eigenvalue weighted by molar-refractivity contribution is -0.136. The van der Waals surface area contributed by atoms with E-state index in [0.717, 1.165) is 54.6 Å². The van der Waals surface area contributed by atoms with E-state index < -0.39 is 17.4 Å². The number of aromatic nitrogens is 5. The standard InChI is InChI=1S/C30H35F3N6O/c1-19-6-5-9-37(14-19)15-21-12-25(30(31,32)33)26-17-38(29(40)39(26)16-21)24-8-4-7-22(13-24)27(23-10-20(2)11-23)28-35-34-18-36(28)3/h4,7-8,12-13,16-20,23,27H,5-6,9-11,14-15H2,1-3H3/t19-,20?,23?,27?/m0/s1. The van der Waals surface area contributed by atoms with Crippen molar-refractivity contribution in [1.82, 2.24) is 28.6 Å². The number of hydrogen-bond acceptors (Lipinski definition) is 4. The SMILES string of the molecule is CC1CC(C(c2cccc(-n3cc4c(C(F)(F)F)cc(CN5CCC[C@H](C)C5)cn4c3=O)c2)c2nncn2C)C1. The summed E-state index contributed by atoms with van der Waals surface area (Å²) in [6.45, 7) is 6.46. The van der Waals surface area contributed by atoms with Gasteiger partial charge in [0.2, 0.25) is 0 Å². The summed E-state index contributed by atoms with van der Waals surface area (Å²) in [5.41, 5.74) is 0.552. The summed E-state index contributed by atoms with van der Waals surface area (Å²) < 4.78 is 47.2. The Hall–Kier alpha value is -3.40. The Morgan fingerprint density at radius 2 is 1.90 bits per heavy atom. The lowest BCUT2D eigenvalue weighted by atomic mass is 9.67. The fourth-order valence-electron chi connectivity index (χ4n) is 6.74. The predicted molar refractivity (Wildman–Crippen MR) is 146 cm³/mol. The summed E-state index contributed by atoms with van der Waals surface area (Å²) in [7, 11) is 1.92. The van der Waals surface area contributed by atoms with Gasteiger partial charge in [0, 0.05) is 38.4 Å². The Bertz CT molecular complexity index is 1580. The number of alkyl halides is 3. The Morgan fingerprint density at radius 3 is 2.58 bits per heavy atom. The summed E-state index contributed by atoms with van der Waals surface area (Å²) in [4.78, 5) is 15.8. The molecule has 3 aromatic heterocycles. The number of piperidine rings is 1. The summed E-state index contributed by atoms with van der Waals surface area (Å²) in [5, 5.41) is 8.47. The van der Waals surface area contributed by atoms with Crippen LogP contribution < -0.4 is 5.69 Å². The molecular formula is C30H35F3N6O. The first-order valence-electron chi connectivity index (χ1n) is 14.1. The van der Waals surface area contributed by atoms with Crippen LogP contribution in [0.4, 0.5) is 13.2 Å². The van der Waals surface area contributed by atoms with Crippen molar-refractivity contribution in [3.63, 3.8) is 0 Å². The second-order valence-electron chi connectivity index (χ2n) is 12.0. The molecule has 1 aliphatic carbocycles. The van der Waals surface area contributed by atoms with Crippen LogP contribution in [0.3, 0.4) is 0 Å². The topological polar surface area (TPSA) is 60.4 Å². The third-order valence-electron chi connectivity index (χ3n) is 8.69. The molecule has 0 bridgehead atoms. The average molecular weight is 553 g/mol. The van der Waals surface area contributed by atoms with Crippen molar-refractivity contribution in [1.29, 1.82) is 0 Å². The smallest absolute Gasteiger partial charge is 0.320 e. The molecule has 1 unspecified atom stereocenters. The first-order chi connectivity index (χ1) is 19.1. The average Bonchev–Trinajstić information content (AvgIpc) is 3.45. The number of rotatable bonds is 6. The van der Waals surface area contributed by atoms with E-state index >= 15 is 0 Å². The molecule has 212 valence electrons. The molecule has 1 aliphatic heterocycles. The summed E-state index contributed by atoms with van der Waals surface area (Å²) in [6.07, 6.45) is 4.26. The van der Waals surface area contributed by atoms with Crippen LogP contribution >= 0.6 is 0 Å². The minimum atomic E-state index is -4.59. The fourth-order valence-corrected chi connectivity index (χ4v) is 6.74. The zero-order chi connectivity index (χ0) is 28.2. The largest absolute Gasteiger partial charge is 0.418 e. The van der Waals surface area contributed by atoms with E-state index in [2.05, 4.69) is 28.9 Å². The van der Waals surface area contributed by atoms with Crippen molar-refractivity contribution in [3.05, 3.63) is 82.1 Å². The van der Waals surface area contributed by atoms with Gasteiger partial charge in [0.1, 0.15) is 12.2 Å². The Labute approximate surface area is 231 Å². The highest BCUT2D eigenvalue weighted by atomic mass is 19.4. The van der Waals surface area contributed by atoms with Crippen LogP contribution in [0.1, 0.15) is 68.0 Å². The fraction of sp³-hybridized carbons (Fsp3) is 0.500. The zero-order valence-electron chi connectivity index (χ0n) is 23.1. The maximum atomic E-state index is 14.3. The molecular weight excluding hydrogens is 517 g/mol. The van der Waals surface area contributed by atoms with Crippen LogP contribution in [0.5, 0.6) is 0 Å². The predicted octanol–water partition coefficient (Wildman–Crippen LogP) is 5.65. The lowest BCUT2D eigenvalue weighted by Gasteiger charge is -2.38. The highest BCUT2D eigenvalue weighted by molar-refractivity contribution is 5.58. The van der Waals surface area contributed by atoms with Crippen LogP contribution in [-0.4, -0.2) is 41.7 Å². The molecule has 1 aromatic carbocycles. The van der Waals surface area contributed by atoms with Gasteiger partial charge in [-0.05, 0) is 79.3 Å². The minimum Gasteiger partial charge on any atom is -0.320 e. The van der Waals surface area contributed by atoms with E-state index in [9.17, 15) is 18.0 Å². The maximum Gasteiger partial charge on any atom is 0.418 e. The molecule has 2 atom stereocenters. The molecule has 7 nitrogen and oxygen atoms in total. The number of pyridine rings is 1. The second kappa shape index (κ2) is 10.2. The van der Waals surface area contributed by atoms with Gasteiger partial charge in [-0.1, -0.05) is 26.0 Å². The number of halogens is 3. The van der Waals surface area contributed by atoms with Gasteiger partial charge in [-0.15, -0.1) is 10.2 Å². The van der Waals surface area contributed by atoms with Gasteiger partial charge in [0.15, 0.2) is 0 Å². The molecule has 1 saturated carbocycles. The summed E-state index contributed by atoms with van der Waals surface area (Å²) in [6, 6.07) is 8.75.